The van der Waals surface area contributed by atoms with Crippen molar-refractivity contribution < 1.29 is 9.90 Å². The summed E-state index contributed by atoms with van der Waals surface area (Å²) in [5.74, 6) is 0.126. The number of amides is 1. The molecular formula is C21H26N4O2. The van der Waals surface area contributed by atoms with E-state index >= 15 is 0 Å². The van der Waals surface area contributed by atoms with Crippen LogP contribution in [0.5, 0.6) is 5.75 Å². The number of piperazine rings is 1. The van der Waals surface area contributed by atoms with Crippen molar-refractivity contribution in [1.82, 2.24) is 10.3 Å². The molecule has 3 rings (SSSR count). The van der Waals surface area contributed by atoms with Crippen molar-refractivity contribution in [3.8, 4) is 5.75 Å². The maximum absolute atomic E-state index is 12.1. The molecule has 2 aromatic carbocycles. The maximum atomic E-state index is 12.1. The van der Waals surface area contributed by atoms with Gasteiger partial charge in [-0.05, 0) is 48.9 Å². The van der Waals surface area contributed by atoms with E-state index in [1.807, 2.05) is 13.0 Å². The molecule has 6 heteroatoms. The number of nitrogens with one attached hydrogen (secondary N) is 1. The molecule has 2 aromatic rings. The second kappa shape index (κ2) is 9.19. The van der Waals surface area contributed by atoms with Crippen LogP contribution in [0, 0.1) is 0 Å². The fraction of sp³-hybridized carbons (Fsp3) is 0.333. The van der Waals surface area contributed by atoms with E-state index < -0.39 is 0 Å². The van der Waals surface area contributed by atoms with E-state index in [-0.39, 0.29) is 11.7 Å². The molecule has 0 aliphatic carbocycles. The van der Waals surface area contributed by atoms with Crippen molar-refractivity contribution in [3.05, 3.63) is 60.2 Å². The van der Waals surface area contributed by atoms with Crippen molar-refractivity contribution >= 4 is 17.3 Å². The van der Waals surface area contributed by atoms with Gasteiger partial charge in [0.15, 0.2) is 0 Å². The van der Waals surface area contributed by atoms with Gasteiger partial charge in [-0.3, -0.25) is 9.69 Å². The molecule has 1 saturated heterocycles. The van der Waals surface area contributed by atoms with E-state index in [0.29, 0.717) is 12.1 Å². The van der Waals surface area contributed by atoms with E-state index in [1.54, 1.807) is 24.3 Å². The monoisotopic (exact) mass is 366 g/mol. The summed E-state index contributed by atoms with van der Waals surface area (Å²) in [6.45, 7) is 6.43. The van der Waals surface area contributed by atoms with Crippen molar-refractivity contribution in [1.29, 1.82) is 0 Å². The Morgan fingerprint density at radius 2 is 1.70 bits per heavy atom. The minimum Gasteiger partial charge on any atom is -0.508 e. The highest BCUT2D eigenvalue weighted by Gasteiger charge is 2.17. The largest absolute Gasteiger partial charge is 0.508 e. The number of phenols is 1. The van der Waals surface area contributed by atoms with Gasteiger partial charge in [-0.1, -0.05) is 18.2 Å². The Morgan fingerprint density at radius 1 is 1.04 bits per heavy atom. The van der Waals surface area contributed by atoms with Crippen molar-refractivity contribution in [2.24, 2.45) is 5.10 Å². The van der Waals surface area contributed by atoms with Gasteiger partial charge in [0, 0.05) is 44.8 Å². The SMILES string of the molecule is CC(=NNC(=O)CCN1CCN(c2ccccc2)CC1)c1ccc(O)cc1. The van der Waals surface area contributed by atoms with E-state index in [9.17, 15) is 9.90 Å². The van der Waals surface area contributed by atoms with Crippen molar-refractivity contribution in [3.63, 3.8) is 0 Å². The Balaban J connectivity index is 1.39. The van der Waals surface area contributed by atoms with E-state index in [1.165, 1.54) is 5.69 Å². The molecule has 0 radical (unpaired) electrons. The molecule has 0 atom stereocenters. The molecule has 1 heterocycles. The summed E-state index contributed by atoms with van der Waals surface area (Å²) in [7, 11) is 0. The average Bonchev–Trinajstić information content (AvgIpc) is 2.72. The molecule has 1 aliphatic rings. The zero-order valence-electron chi connectivity index (χ0n) is 15.6. The molecule has 27 heavy (non-hydrogen) atoms. The van der Waals surface area contributed by atoms with E-state index in [4.69, 9.17) is 0 Å². The lowest BCUT2D eigenvalue weighted by Gasteiger charge is -2.36. The Kier molecular flexibility index (Phi) is 6.44. The van der Waals surface area contributed by atoms with Crippen molar-refractivity contribution in [2.75, 3.05) is 37.6 Å². The Bertz CT molecular complexity index is 767. The van der Waals surface area contributed by atoms with Gasteiger partial charge in [-0.2, -0.15) is 5.10 Å². The lowest BCUT2D eigenvalue weighted by atomic mass is 10.1. The maximum Gasteiger partial charge on any atom is 0.241 e. The average molecular weight is 366 g/mol. The van der Waals surface area contributed by atoms with Crippen LogP contribution in [0.1, 0.15) is 18.9 Å². The summed E-state index contributed by atoms with van der Waals surface area (Å²) in [6, 6.07) is 17.2. The van der Waals surface area contributed by atoms with E-state index in [2.05, 4.69) is 44.6 Å². The molecule has 0 unspecified atom stereocenters. The minimum atomic E-state index is -0.0846. The van der Waals surface area contributed by atoms with Gasteiger partial charge in [0.2, 0.25) is 5.91 Å². The molecule has 6 nitrogen and oxygen atoms in total. The molecule has 0 aromatic heterocycles. The fourth-order valence-corrected chi connectivity index (χ4v) is 3.10. The smallest absolute Gasteiger partial charge is 0.241 e. The molecular weight excluding hydrogens is 340 g/mol. The number of aromatic hydroxyl groups is 1. The van der Waals surface area contributed by atoms with Gasteiger partial charge in [-0.15, -0.1) is 0 Å². The van der Waals surface area contributed by atoms with Crippen LogP contribution < -0.4 is 10.3 Å². The highest BCUT2D eigenvalue weighted by atomic mass is 16.3. The number of phenolic OH excluding ortho intramolecular Hbond substituents is 1. The third kappa shape index (κ3) is 5.56. The molecule has 1 fully saturated rings. The number of rotatable bonds is 6. The summed E-state index contributed by atoms with van der Waals surface area (Å²) in [5, 5.41) is 13.5. The number of benzene rings is 2. The molecule has 142 valence electrons. The van der Waals surface area contributed by atoms with Crippen LogP contribution in [0.4, 0.5) is 5.69 Å². The Hall–Kier alpha value is -2.86. The molecule has 0 bridgehead atoms. The fourth-order valence-electron chi connectivity index (χ4n) is 3.10. The predicted octanol–water partition coefficient (Wildman–Crippen LogP) is 2.44. The van der Waals surface area contributed by atoms with Crippen LogP contribution in [-0.2, 0) is 4.79 Å². The van der Waals surface area contributed by atoms with Gasteiger partial charge in [0.1, 0.15) is 5.75 Å². The third-order valence-corrected chi connectivity index (χ3v) is 4.78. The quantitative estimate of drug-likeness (QED) is 0.609. The first-order chi connectivity index (χ1) is 13.1. The first kappa shape index (κ1) is 18.9. The predicted molar refractivity (Wildman–Crippen MR) is 108 cm³/mol. The first-order valence-electron chi connectivity index (χ1n) is 9.27. The highest BCUT2D eigenvalue weighted by molar-refractivity contribution is 5.99. The summed E-state index contributed by atoms with van der Waals surface area (Å²) >= 11 is 0. The standard InChI is InChI=1S/C21H26N4O2/c1-17(18-7-9-20(26)10-8-18)22-23-21(27)11-12-24-13-15-25(16-14-24)19-5-3-2-4-6-19/h2-10,26H,11-16H2,1H3,(H,23,27). The lowest BCUT2D eigenvalue weighted by Crippen LogP contribution is -2.47. The minimum absolute atomic E-state index is 0.0846. The summed E-state index contributed by atoms with van der Waals surface area (Å²) in [6.07, 6.45) is 0.428. The van der Waals surface area contributed by atoms with Gasteiger partial charge < -0.3 is 10.0 Å². The van der Waals surface area contributed by atoms with Crippen LogP contribution in [0.15, 0.2) is 59.7 Å². The summed E-state index contributed by atoms with van der Waals surface area (Å²) in [4.78, 5) is 16.8. The van der Waals surface area contributed by atoms with E-state index in [0.717, 1.165) is 38.3 Å². The molecule has 2 N–H and O–H groups in total. The van der Waals surface area contributed by atoms with Crippen molar-refractivity contribution in [2.45, 2.75) is 13.3 Å². The zero-order valence-corrected chi connectivity index (χ0v) is 15.6. The van der Waals surface area contributed by atoms with Crippen LogP contribution in [0.25, 0.3) is 0 Å². The number of hydrogen-bond donors (Lipinski definition) is 2. The number of carbonyl (C=O) groups is 1. The van der Waals surface area contributed by atoms with Crippen LogP contribution >= 0.6 is 0 Å². The van der Waals surface area contributed by atoms with Crippen LogP contribution in [-0.4, -0.2) is 54.3 Å². The normalized spacial score (nSPS) is 15.6. The van der Waals surface area contributed by atoms with Gasteiger partial charge in [-0.25, -0.2) is 5.43 Å². The van der Waals surface area contributed by atoms with Gasteiger partial charge in [0.05, 0.1) is 5.71 Å². The first-order valence-corrected chi connectivity index (χ1v) is 9.27. The summed E-state index contributed by atoms with van der Waals surface area (Å²) in [5.41, 5.74) is 5.45. The number of nitrogens with zero attached hydrogens (tertiary/aromatic N) is 3. The molecule has 1 amide bonds. The molecule has 0 saturated carbocycles. The second-order valence-electron chi connectivity index (χ2n) is 6.69. The van der Waals surface area contributed by atoms with Gasteiger partial charge >= 0.3 is 0 Å². The zero-order chi connectivity index (χ0) is 19.1. The number of para-hydroxylation sites is 1. The molecule has 1 aliphatic heterocycles. The number of hydrazone groups is 1. The van der Waals surface area contributed by atoms with Crippen LogP contribution in [0.2, 0.25) is 0 Å². The second-order valence-corrected chi connectivity index (χ2v) is 6.69. The lowest BCUT2D eigenvalue weighted by molar-refractivity contribution is -0.121. The third-order valence-electron chi connectivity index (χ3n) is 4.78. The van der Waals surface area contributed by atoms with Gasteiger partial charge in [0.25, 0.3) is 0 Å². The highest BCUT2D eigenvalue weighted by Crippen LogP contribution is 2.15. The number of anilines is 1. The van der Waals surface area contributed by atoms with Crippen LogP contribution in [0.3, 0.4) is 0 Å². The molecule has 0 spiro atoms. The number of hydrogen-bond acceptors (Lipinski definition) is 5. The topological polar surface area (TPSA) is 68.2 Å². The number of carbonyl (C=O) groups excluding carboxylic acids is 1. The Labute approximate surface area is 160 Å². The summed E-state index contributed by atoms with van der Waals surface area (Å²) < 4.78 is 0. The Morgan fingerprint density at radius 3 is 2.37 bits per heavy atom.